The van der Waals surface area contributed by atoms with Crippen LogP contribution < -0.4 is 4.72 Å². The predicted molar refractivity (Wildman–Crippen MR) is 80.4 cm³/mol. The van der Waals surface area contributed by atoms with E-state index in [9.17, 15) is 8.42 Å². The number of rotatable bonds is 5. The van der Waals surface area contributed by atoms with Crippen molar-refractivity contribution in [3.8, 4) is 0 Å². The van der Waals surface area contributed by atoms with Crippen LogP contribution >= 0.6 is 22.6 Å². The fourth-order valence-corrected chi connectivity index (χ4v) is 3.33. The van der Waals surface area contributed by atoms with Gasteiger partial charge in [-0.1, -0.05) is 28.7 Å². The van der Waals surface area contributed by atoms with Crippen molar-refractivity contribution in [1.82, 2.24) is 9.71 Å². The summed E-state index contributed by atoms with van der Waals surface area (Å²) in [6.45, 7) is 0.460. The van der Waals surface area contributed by atoms with E-state index in [0.29, 0.717) is 22.3 Å². The zero-order valence-electron chi connectivity index (χ0n) is 9.64. The third-order valence-corrected chi connectivity index (χ3v) is 4.78. The summed E-state index contributed by atoms with van der Waals surface area (Å²) in [5, 5.41) is 0.655. The quantitative estimate of drug-likeness (QED) is 0.495. The largest absolute Gasteiger partial charge is 0.256 e. The van der Waals surface area contributed by atoms with Crippen molar-refractivity contribution in [3.63, 3.8) is 0 Å². The molecule has 4 nitrogen and oxygen atoms in total. The Morgan fingerprint density at radius 3 is 2.83 bits per heavy atom. The fraction of sp³-hybridized carbons (Fsp3) is 0.250. The Balaban J connectivity index is 2.41. The summed E-state index contributed by atoms with van der Waals surface area (Å²) < 4.78 is 27.9. The maximum atomic E-state index is 12.2. The monoisotopic (exact) mass is 376 g/mol. The minimum atomic E-state index is -3.45. The number of sulfonamides is 1. The van der Waals surface area contributed by atoms with Gasteiger partial charge in [-0.05, 0) is 30.7 Å². The Morgan fingerprint density at radius 2 is 2.06 bits per heavy atom. The van der Waals surface area contributed by atoms with Crippen LogP contribution in [0.25, 0.3) is 10.9 Å². The number of halogens is 1. The predicted octanol–water partition coefficient (Wildman–Crippen LogP) is 2.34. The molecular formula is C12H13IN2O2S. The van der Waals surface area contributed by atoms with E-state index in [1.807, 2.05) is 0 Å². The molecule has 1 N–H and O–H groups in total. The van der Waals surface area contributed by atoms with Gasteiger partial charge in [0.1, 0.15) is 0 Å². The Hall–Kier alpha value is -0.730. The lowest BCUT2D eigenvalue weighted by Gasteiger charge is -2.08. The van der Waals surface area contributed by atoms with Crippen molar-refractivity contribution in [3.05, 3.63) is 36.5 Å². The number of benzene rings is 1. The van der Waals surface area contributed by atoms with Gasteiger partial charge in [-0.2, -0.15) is 0 Å². The number of aromatic nitrogens is 1. The van der Waals surface area contributed by atoms with Crippen LogP contribution in [0.3, 0.4) is 0 Å². The molecule has 0 spiro atoms. The zero-order chi connectivity index (χ0) is 13.0. The molecule has 1 aromatic heterocycles. The molecule has 96 valence electrons. The van der Waals surface area contributed by atoms with E-state index >= 15 is 0 Å². The molecule has 0 saturated heterocycles. The van der Waals surface area contributed by atoms with Crippen molar-refractivity contribution in [2.75, 3.05) is 11.0 Å². The van der Waals surface area contributed by atoms with Gasteiger partial charge in [-0.15, -0.1) is 0 Å². The van der Waals surface area contributed by atoms with Crippen LogP contribution in [0.4, 0.5) is 0 Å². The third kappa shape index (κ3) is 2.99. The van der Waals surface area contributed by atoms with Gasteiger partial charge in [0.25, 0.3) is 0 Å². The highest BCUT2D eigenvalue weighted by molar-refractivity contribution is 14.1. The minimum Gasteiger partial charge on any atom is -0.256 e. The van der Waals surface area contributed by atoms with Gasteiger partial charge in [0, 0.05) is 22.6 Å². The lowest BCUT2D eigenvalue weighted by atomic mass is 10.2. The standard InChI is InChI=1S/C12H13IN2O2S/c13-7-3-9-15-18(16,17)12-6-1-5-11-10(12)4-2-8-14-11/h1-2,4-6,8,15H,3,7,9H2. The van der Waals surface area contributed by atoms with Gasteiger partial charge in [-0.3, -0.25) is 4.98 Å². The van der Waals surface area contributed by atoms with E-state index in [4.69, 9.17) is 0 Å². The number of hydrogen-bond donors (Lipinski definition) is 1. The summed E-state index contributed by atoms with van der Waals surface area (Å²) in [5.41, 5.74) is 0.689. The van der Waals surface area contributed by atoms with Gasteiger partial charge in [-0.25, -0.2) is 13.1 Å². The molecule has 0 bridgehead atoms. The zero-order valence-corrected chi connectivity index (χ0v) is 12.6. The average Bonchev–Trinajstić information content (AvgIpc) is 2.38. The van der Waals surface area contributed by atoms with E-state index in [1.165, 1.54) is 0 Å². The molecule has 2 aromatic rings. The molecular weight excluding hydrogens is 363 g/mol. The van der Waals surface area contributed by atoms with Crippen LogP contribution in [0.15, 0.2) is 41.4 Å². The van der Waals surface area contributed by atoms with E-state index in [0.717, 1.165) is 10.8 Å². The van der Waals surface area contributed by atoms with Crippen LogP contribution in [-0.2, 0) is 10.0 Å². The molecule has 0 radical (unpaired) electrons. The van der Waals surface area contributed by atoms with Gasteiger partial charge in [0.2, 0.25) is 10.0 Å². The second kappa shape index (κ2) is 5.94. The summed E-state index contributed by atoms with van der Waals surface area (Å²) in [6.07, 6.45) is 2.48. The number of nitrogens with zero attached hydrogens (tertiary/aromatic N) is 1. The van der Waals surface area contributed by atoms with Crippen LogP contribution in [-0.4, -0.2) is 24.4 Å². The van der Waals surface area contributed by atoms with Crippen LogP contribution in [0.5, 0.6) is 0 Å². The molecule has 0 aliphatic carbocycles. The first-order valence-corrected chi connectivity index (χ1v) is 8.55. The Labute approximate surface area is 120 Å². The van der Waals surface area contributed by atoms with E-state index in [-0.39, 0.29) is 0 Å². The summed E-state index contributed by atoms with van der Waals surface area (Å²) in [4.78, 5) is 4.45. The van der Waals surface area contributed by atoms with Crippen molar-refractivity contribution < 1.29 is 8.42 Å². The molecule has 0 saturated carbocycles. The van der Waals surface area contributed by atoms with Crippen molar-refractivity contribution in [1.29, 1.82) is 0 Å². The molecule has 0 aliphatic rings. The maximum Gasteiger partial charge on any atom is 0.241 e. The minimum absolute atomic E-state index is 0.293. The highest BCUT2D eigenvalue weighted by Gasteiger charge is 2.16. The van der Waals surface area contributed by atoms with Crippen molar-refractivity contribution in [2.45, 2.75) is 11.3 Å². The molecule has 18 heavy (non-hydrogen) atoms. The Kier molecular flexibility index (Phi) is 4.52. The Bertz CT molecular complexity index is 638. The third-order valence-electron chi connectivity index (χ3n) is 2.50. The first kappa shape index (κ1) is 13.7. The number of fused-ring (bicyclic) bond motifs is 1. The maximum absolute atomic E-state index is 12.2. The Morgan fingerprint density at radius 1 is 1.22 bits per heavy atom. The highest BCUT2D eigenvalue weighted by atomic mass is 127. The van der Waals surface area contributed by atoms with Gasteiger partial charge >= 0.3 is 0 Å². The normalized spacial score (nSPS) is 11.8. The highest BCUT2D eigenvalue weighted by Crippen LogP contribution is 2.20. The fourth-order valence-electron chi connectivity index (χ4n) is 1.66. The SMILES string of the molecule is O=S(=O)(NCCCI)c1cccc2ncccc12. The second-order valence-electron chi connectivity index (χ2n) is 3.77. The molecule has 6 heteroatoms. The summed E-state index contributed by atoms with van der Waals surface area (Å²) in [6, 6.07) is 8.64. The van der Waals surface area contributed by atoms with E-state index in [1.54, 1.807) is 36.5 Å². The lowest BCUT2D eigenvalue weighted by Crippen LogP contribution is -2.25. The molecule has 0 amide bonds. The van der Waals surface area contributed by atoms with E-state index < -0.39 is 10.0 Å². The summed E-state index contributed by atoms with van der Waals surface area (Å²) in [5.74, 6) is 0. The van der Waals surface area contributed by atoms with Gasteiger partial charge < -0.3 is 0 Å². The van der Waals surface area contributed by atoms with Gasteiger partial charge in [0.15, 0.2) is 0 Å². The summed E-state index contributed by atoms with van der Waals surface area (Å²) >= 11 is 2.22. The summed E-state index contributed by atoms with van der Waals surface area (Å²) in [7, 11) is -3.45. The molecule has 1 heterocycles. The van der Waals surface area contributed by atoms with E-state index in [2.05, 4.69) is 32.3 Å². The van der Waals surface area contributed by atoms with Crippen LogP contribution in [0.1, 0.15) is 6.42 Å². The molecule has 2 rings (SSSR count). The number of alkyl halides is 1. The smallest absolute Gasteiger partial charge is 0.241 e. The molecule has 0 fully saturated rings. The van der Waals surface area contributed by atoms with Gasteiger partial charge in [0.05, 0.1) is 10.4 Å². The second-order valence-corrected chi connectivity index (χ2v) is 6.58. The molecule has 0 aliphatic heterocycles. The number of pyridine rings is 1. The topological polar surface area (TPSA) is 59.1 Å². The molecule has 0 unspecified atom stereocenters. The number of hydrogen-bond acceptors (Lipinski definition) is 3. The number of nitrogens with one attached hydrogen (secondary N) is 1. The average molecular weight is 376 g/mol. The van der Waals surface area contributed by atoms with Crippen LogP contribution in [0.2, 0.25) is 0 Å². The van der Waals surface area contributed by atoms with Crippen molar-refractivity contribution >= 4 is 43.5 Å². The lowest BCUT2D eigenvalue weighted by molar-refractivity contribution is 0.582. The molecule has 0 atom stereocenters. The van der Waals surface area contributed by atoms with Crippen LogP contribution in [0, 0.1) is 0 Å². The van der Waals surface area contributed by atoms with Crippen molar-refractivity contribution in [2.24, 2.45) is 0 Å². The first-order valence-electron chi connectivity index (χ1n) is 5.54. The first-order chi connectivity index (χ1) is 8.65. The molecule has 1 aromatic carbocycles.